The number of rotatable bonds is 10. The lowest BCUT2D eigenvalue weighted by atomic mass is 9.72. The number of amides is 2. The van der Waals surface area contributed by atoms with E-state index >= 15 is 0 Å². The van der Waals surface area contributed by atoms with Crippen molar-refractivity contribution >= 4 is 23.5 Å². The molecule has 15 heteroatoms. The smallest absolute Gasteiger partial charge is 0.415 e. The molecule has 3 saturated heterocycles. The van der Waals surface area contributed by atoms with Crippen molar-refractivity contribution < 1.29 is 28.4 Å². The average Bonchev–Trinajstić information content (AvgIpc) is 3.09. The Bertz CT molecular complexity index is 1680. The summed E-state index contributed by atoms with van der Waals surface area (Å²) in [6.45, 7) is 12.0. The molecule has 3 aliphatic rings. The van der Waals surface area contributed by atoms with E-state index in [1.165, 1.54) is 48.8 Å². The molecule has 3 aromatic rings. The molecule has 2 amide bonds. The standard InChI is InChI=1S/C35H43FN8O6/c1-4-43(24(2)3)33(45)29-19-26(36)5-10-30(29)50-32-31(37-23-38-39-32)42-21-35(22-42)13-17-40(18-14-35)20-25-11-15-41(16-12-25)34(46)49-28-8-6-27(7-9-28)44(47)48/h5-10,19,23-25H,4,11-18,20-22H2,1-3H3. The first kappa shape index (κ1) is 34.9. The summed E-state index contributed by atoms with van der Waals surface area (Å²) in [5, 5.41) is 19.0. The van der Waals surface area contributed by atoms with Crippen LogP contribution in [0.5, 0.6) is 17.4 Å². The highest BCUT2D eigenvalue weighted by atomic mass is 19.1. The van der Waals surface area contributed by atoms with Crippen molar-refractivity contribution in [1.29, 1.82) is 0 Å². The molecule has 50 heavy (non-hydrogen) atoms. The van der Waals surface area contributed by atoms with Gasteiger partial charge in [-0.15, -0.1) is 10.2 Å². The Morgan fingerprint density at radius 2 is 1.78 bits per heavy atom. The second-order valence-electron chi connectivity index (χ2n) is 13.7. The zero-order valence-corrected chi connectivity index (χ0v) is 28.7. The Morgan fingerprint density at radius 3 is 2.42 bits per heavy atom. The van der Waals surface area contributed by atoms with E-state index < -0.39 is 16.8 Å². The number of nitro benzene ring substituents is 1. The molecule has 0 saturated carbocycles. The van der Waals surface area contributed by atoms with Crippen molar-refractivity contribution in [3.63, 3.8) is 0 Å². The van der Waals surface area contributed by atoms with Crippen LogP contribution in [-0.2, 0) is 0 Å². The fraction of sp³-hybridized carbons (Fsp3) is 0.514. The summed E-state index contributed by atoms with van der Waals surface area (Å²) in [7, 11) is 0. The first-order valence-corrected chi connectivity index (χ1v) is 17.2. The summed E-state index contributed by atoms with van der Waals surface area (Å²) in [6, 6.07) is 9.35. The van der Waals surface area contributed by atoms with Crippen molar-refractivity contribution in [3.8, 4) is 17.4 Å². The van der Waals surface area contributed by atoms with Gasteiger partial charge in [-0.05, 0) is 95.8 Å². The second kappa shape index (κ2) is 14.9. The largest absolute Gasteiger partial charge is 0.434 e. The number of piperidine rings is 2. The van der Waals surface area contributed by atoms with Crippen LogP contribution in [0.1, 0.15) is 56.8 Å². The zero-order chi connectivity index (χ0) is 35.4. The molecular weight excluding hydrogens is 647 g/mol. The maximum atomic E-state index is 14.3. The van der Waals surface area contributed by atoms with Gasteiger partial charge in [-0.2, -0.15) is 0 Å². The lowest BCUT2D eigenvalue weighted by Crippen LogP contribution is -2.61. The van der Waals surface area contributed by atoms with E-state index in [1.54, 1.807) is 9.80 Å². The van der Waals surface area contributed by atoms with Gasteiger partial charge in [-0.3, -0.25) is 14.9 Å². The number of halogens is 1. The lowest BCUT2D eigenvalue weighted by molar-refractivity contribution is -0.384. The van der Waals surface area contributed by atoms with Crippen LogP contribution in [0.4, 0.5) is 20.7 Å². The zero-order valence-electron chi connectivity index (χ0n) is 28.7. The molecule has 0 unspecified atom stereocenters. The summed E-state index contributed by atoms with van der Waals surface area (Å²) in [6.07, 6.45) is 4.84. The average molecular weight is 691 g/mol. The van der Waals surface area contributed by atoms with E-state index in [-0.39, 0.29) is 40.2 Å². The van der Waals surface area contributed by atoms with Crippen LogP contribution in [0.2, 0.25) is 0 Å². The van der Waals surface area contributed by atoms with E-state index in [4.69, 9.17) is 9.47 Å². The normalized spacial score (nSPS) is 17.8. The molecule has 1 aromatic heterocycles. The number of nitrogens with zero attached hydrogens (tertiary/aromatic N) is 8. The minimum Gasteiger partial charge on any atom is -0.434 e. The first-order valence-electron chi connectivity index (χ1n) is 17.2. The van der Waals surface area contributed by atoms with Crippen LogP contribution in [-0.4, -0.2) is 105 Å². The Balaban J connectivity index is 0.981. The van der Waals surface area contributed by atoms with E-state index in [9.17, 15) is 24.1 Å². The Labute approximate surface area is 290 Å². The summed E-state index contributed by atoms with van der Waals surface area (Å²) in [5.41, 5.74) is 0.237. The van der Waals surface area contributed by atoms with Crippen molar-refractivity contribution in [2.45, 2.75) is 52.5 Å². The highest BCUT2D eigenvalue weighted by Crippen LogP contribution is 2.44. The molecule has 14 nitrogen and oxygen atoms in total. The highest BCUT2D eigenvalue weighted by Gasteiger charge is 2.46. The minimum absolute atomic E-state index is 0.0522. The number of nitro groups is 1. The predicted molar refractivity (Wildman–Crippen MR) is 182 cm³/mol. The molecule has 0 atom stereocenters. The van der Waals surface area contributed by atoms with Gasteiger partial charge in [0.15, 0.2) is 5.82 Å². The van der Waals surface area contributed by atoms with E-state index in [0.29, 0.717) is 37.1 Å². The van der Waals surface area contributed by atoms with Gasteiger partial charge in [0.2, 0.25) is 0 Å². The Kier molecular flexibility index (Phi) is 10.4. The summed E-state index contributed by atoms with van der Waals surface area (Å²) in [5.74, 6) is 0.860. The van der Waals surface area contributed by atoms with E-state index in [1.807, 2.05) is 20.8 Å². The number of carbonyl (C=O) groups is 2. The molecule has 3 aliphatic heterocycles. The van der Waals surface area contributed by atoms with Crippen LogP contribution in [0, 0.1) is 27.3 Å². The van der Waals surface area contributed by atoms with Gasteiger partial charge in [0.05, 0.1) is 10.5 Å². The second-order valence-corrected chi connectivity index (χ2v) is 13.7. The predicted octanol–water partition coefficient (Wildman–Crippen LogP) is 5.39. The monoisotopic (exact) mass is 690 g/mol. The quantitative estimate of drug-likeness (QED) is 0.199. The lowest BCUT2D eigenvalue weighted by Gasteiger charge is -2.54. The van der Waals surface area contributed by atoms with Crippen molar-refractivity contribution in [1.82, 2.24) is 29.9 Å². The molecule has 0 radical (unpaired) electrons. The van der Waals surface area contributed by atoms with Crippen LogP contribution in [0.15, 0.2) is 48.8 Å². The van der Waals surface area contributed by atoms with Crippen LogP contribution in [0.25, 0.3) is 0 Å². The van der Waals surface area contributed by atoms with Crippen LogP contribution in [0.3, 0.4) is 0 Å². The maximum Gasteiger partial charge on any atom is 0.415 e. The minimum atomic E-state index is -0.527. The third-order valence-corrected chi connectivity index (χ3v) is 10.1. The number of hydrogen-bond donors (Lipinski definition) is 0. The SMILES string of the molecule is CCN(C(=O)c1cc(F)ccc1Oc1nncnc1N1CC2(CCN(CC3CCN(C(=O)Oc4ccc([N+](=O)[O-])cc4)CC3)CC2)C1)C(C)C. The van der Waals surface area contributed by atoms with E-state index in [0.717, 1.165) is 58.4 Å². The van der Waals surface area contributed by atoms with Gasteiger partial charge in [0.1, 0.15) is 23.6 Å². The van der Waals surface area contributed by atoms with Crippen LogP contribution >= 0.6 is 0 Å². The molecule has 1 spiro atoms. The number of anilines is 1. The molecule has 0 bridgehead atoms. The molecule has 3 fully saturated rings. The third kappa shape index (κ3) is 7.77. The Hall–Kier alpha value is -4.92. The van der Waals surface area contributed by atoms with Crippen molar-refractivity contribution in [2.75, 3.05) is 57.3 Å². The topological polar surface area (TPSA) is 147 Å². The summed E-state index contributed by atoms with van der Waals surface area (Å²) >= 11 is 0. The molecule has 6 rings (SSSR count). The molecule has 266 valence electrons. The molecule has 4 heterocycles. The number of carbonyl (C=O) groups excluding carboxylic acids is 2. The third-order valence-electron chi connectivity index (χ3n) is 10.1. The van der Waals surface area contributed by atoms with Gasteiger partial charge in [-0.25, -0.2) is 14.2 Å². The fourth-order valence-corrected chi connectivity index (χ4v) is 7.21. The number of likely N-dealkylation sites (tertiary alicyclic amines) is 2. The fourth-order valence-electron chi connectivity index (χ4n) is 7.21. The Morgan fingerprint density at radius 1 is 1.08 bits per heavy atom. The maximum absolute atomic E-state index is 14.3. The molecular formula is C35H43FN8O6. The van der Waals surface area contributed by atoms with Crippen molar-refractivity contribution in [3.05, 3.63) is 70.3 Å². The first-order chi connectivity index (χ1) is 24.0. The van der Waals surface area contributed by atoms with Gasteiger partial charge >= 0.3 is 6.09 Å². The number of benzene rings is 2. The number of non-ortho nitro benzene ring substituents is 1. The molecule has 2 aromatic carbocycles. The van der Waals surface area contributed by atoms with Gasteiger partial charge in [-0.1, -0.05) is 0 Å². The van der Waals surface area contributed by atoms with Gasteiger partial charge in [0, 0.05) is 62.9 Å². The summed E-state index contributed by atoms with van der Waals surface area (Å²) in [4.78, 5) is 48.8. The summed E-state index contributed by atoms with van der Waals surface area (Å²) < 4.78 is 25.8. The number of ether oxygens (including phenoxy) is 2. The molecule has 0 aliphatic carbocycles. The number of hydrogen-bond acceptors (Lipinski definition) is 11. The number of aromatic nitrogens is 3. The van der Waals surface area contributed by atoms with Crippen LogP contribution < -0.4 is 14.4 Å². The highest BCUT2D eigenvalue weighted by molar-refractivity contribution is 5.97. The van der Waals surface area contributed by atoms with E-state index in [2.05, 4.69) is 25.0 Å². The van der Waals surface area contributed by atoms with Crippen molar-refractivity contribution in [2.24, 2.45) is 11.3 Å². The van der Waals surface area contributed by atoms with Gasteiger partial charge < -0.3 is 29.1 Å². The molecule has 0 N–H and O–H groups in total. The van der Waals surface area contributed by atoms with Gasteiger partial charge in [0.25, 0.3) is 17.5 Å².